The number of hydrogen-bond acceptors (Lipinski definition) is 2. The van der Waals surface area contributed by atoms with Crippen LogP contribution in [0.4, 0.5) is 34.1 Å². The van der Waals surface area contributed by atoms with Crippen molar-refractivity contribution in [3.05, 3.63) is 191 Å². The van der Waals surface area contributed by atoms with Crippen LogP contribution in [0.25, 0.3) is 16.6 Å². The van der Waals surface area contributed by atoms with E-state index in [1.807, 2.05) is 0 Å². The Morgan fingerprint density at radius 1 is 0.409 bits per heavy atom. The number of fused-ring (bicyclic) bond motifs is 8. The van der Waals surface area contributed by atoms with Crippen molar-refractivity contribution < 1.29 is 0 Å². The second-order valence-corrected chi connectivity index (χ2v) is 23.5. The Labute approximate surface area is 394 Å². The first-order chi connectivity index (χ1) is 31.2. The molecule has 8 aromatic rings. The van der Waals surface area contributed by atoms with Gasteiger partial charge in [0.25, 0.3) is 6.71 Å². The van der Waals surface area contributed by atoms with Gasteiger partial charge in [-0.1, -0.05) is 175 Å². The maximum absolute atomic E-state index is 2.65. The molecule has 7 aromatic carbocycles. The summed E-state index contributed by atoms with van der Waals surface area (Å²) in [6.07, 6.45) is 0. The van der Waals surface area contributed by atoms with E-state index in [1.54, 1.807) is 0 Å². The number of nitrogens with zero attached hydrogens (tertiary/aromatic N) is 3. The number of aromatic nitrogens is 1. The van der Waals surface area contributed by atoms with E-state index in [9.17, 15) is 0 Å². The van der Waals surface area contributed by atoms with E-state index >= 15 is 0 Å². The summed E-state index contributed by atoms with van der Waals surface area (Å²) < 4.78 is 2.65. The Hall–Kier alpha value is -6.26. The molecule has 0 bridgehead atoms. The predicted molar refractivity (Wildman–Crippen MR) is 284 cm³/mol. The molecule has 1 aromatic heterocycles. The van der Waals surface area contributed by atoms with Crippen molar-refractivity contribution in [3.63, 3.8) is 0 Å². The first-order valence-corrected chi connectivity index (χ1v) is 24.1. The van der Waals surface area contributed by atoms with Crippen LogP contribution < -0.4 is 26.3 Å². The second kappa shape index (κ2) is 14.1. The molecule has 11 rings (SSSR count). The first-order valence-electron chi connectivity index (χ1n) is 24.1. The molecule has 0 radical (unpaired) electrons. The van der Waals surface area contributed by atoms with Crippen LogP contribution in [-0.2, 0) is 27.1 Å². The van der Waals surface area contributed by atoms with E-state index < -0.39 is 0 Å². The highest BCUT2D eigenvalue weighted by molar-refractivity contribution is 7.00. The summed E-state index contributed by atoms with van der Waals surface area (Å²) in [5.74, 6) is 0. The molecule has 3 aliphatic rings. The third-order valence-corrected chi connectivity index (χ3v) is 15.5. The Morgan fingerprint density at radius 3 is 1.44 bits per heavy atom. The molecule has 66 heavy (non-hydrogen) atoms. The quantitative estimate of drug-likeness (QED) is 0.164. The highest BCUT2D eigenvalue weighted by Gasteiger charge is 2.48. The van der Waals surface area contributed by atoms with Crippen LogP contribution in [0.15, 0.2) is 152 Å². The third-order valence-electron chi connectivity index (χ3n) is 15.5. The molecule has 4 heteroatoms. The number of rotatable bonds is 3. The monoisotopic (exact) mass is 862 g/mol. The van der Waals surface area contributed by atoms with Crippen LogP contribution in [0, 0.1) is 0 Å². The summed E-state index contributed by atoms with van der Waals surface area (Å²) in [7, 11) is 0. The third kappa shape index (κ3) is 6.16. The molecule has 3 heterocycles. The summed E-state index contributed by atoms with van der Waals surface area (Å²) in [6.45, 7) is 30.5. The van der Waals surface area contributed by atoms with Crippen LogP contribution in [0.3, 0.4) is 0 Å². The van der Waals surface area contributed by atoms with Gasteiger partial charge >= 0.3 is 0 Å². The summed E-state index contributed by atoms with van der Waals surface area (Å²) in [5.41, 5.74) is 22.9. The van der Waals surface area contributed by atoms with Crippen molar-refractivity contribution in [1.29, 1.82) is 0 Å². The van der Waals surface area contributed by atoms with Crippen molar-refractivity contribution in [1.82, 2.24) is 4.57 Å². The van der Waals surface area contributed by atoms with Crippen molar-refractivity contribution >= 4 is 68.3 Å². The van der Waals surface area contributed by atoms with Gasteiger partial charge in [0.1, 0.15) is 0 Å². The number of benzene rings is 7. The van der Waals surface area contributed by atoms with Gasteiger partial charge in [-0.15, -0.1) is 0 Å². The molecule has 0 fully saturated rings. The minimum absolute atomic E-state index is 0.0250. The molecule has 0 saturated heterocycles. The number of para-hydroxylation sites is 1. The van der Waals surface area contributed by atoms with Crippen molar-refractivity contribution in [3.8, 4) is 5.69 Å². The minimum atomic E-state index is -0.210. The highest BCUT2D eigenvalue weighted by atomic mass is 15.2. The number of anilines is 6. The Bertz CT molecular complexity index is 3240. The zero-order chi connectivity index (χ0) is 46.5. The Morgan fingerprint density at radius 2 is 0.894 bits per heavy atom. The zero-order valence-corrected chi connectivity index (χ0v) is 41.4. The van der Waals surface area contributed by atoms with Crippen molar-refractivity contribution in [2.24, 2.45) is 0 Å². The normalized spacial score (nSPS) is 15.8. The molecule has 0 unspecified atom stereocenters. The SMILES string of the molecule is CC(C)(C)c1ccc(N2c3ccc(C(C)(C)C)cc3B3c4c2cccc4N(c2ccc(C(C)(C)C)cc2)c2c3n(-c3ccccc3)c3cc4c(cc23)C(C)(C)c2ccccc2C4(C)C)cc1. The fraction of sp³-hybridized carbons (Fsp3) is 0.290. The van der Waals surface area contributed by atoms with Gasteiger partial charge in [0.15, 0.2) is 0 Å². The van der Waals surface area contributed by atoms with Gasteiger partial charge in [-0.2, -0.15) is 0 Å². The van der Waals surface area contributed by atoms with Crippen LogP contribution in [-0.4, -0.2) is 11.3 Å². The topological polar surface area (TPSA) is 11.4 Å². The molecule has 1 aliphatic carbocycles. The van der Waals surface area contributed by atoms with E-state index in [0.29, 0.717) is 0 Å². The Balaban J connectivity index is 1.30. The Kier molecular flexibility index (Phi) is 9.07. The maximum Gasteiger partial charge on any atom is 0.273 e. The summed E-state index contributed by atoms with van der Waals surface area (Å²) in [6, 6.07) is 58.7. The van der Waals surface area contributed by atoms with E-state index in [0.717, 1.165) is 0 Å². The summed E-state index contributed by atoms with van der Waals surface area (Å²) >= 11 is 0. The standard InChI is InChI=1S/C62H64BN3/c1-58(2,3)39-26-31-43(32-27-39)64-51-35-30-41(60(7,8)9)36-50(51)63-55-52(64)24-19-25-53(55)65(44-33-28-40(29-34-44)59(4,5)6)56-45-37-48-49(38-54(45)66(57(56)63)42-20-15-14-16-21-42)62(12,13)47-23-18-17-22-46(47)61(48,10)11/h14-38H,1-13H3. The van der Waals surface area contributed by atoms with Gasteiger partial charge in [0.2, 0.25) is 0 Å². The molecule has 0 saturated carbocycles. The molecule has 3 nitrogen and oxygen atoms in total. The summed E-state index contributed by atoms with van der Waals surface area (Å²) in [4.78, 5) is 5.17. The second-order valence-electron chi connectivity index (χ2n) is 23.5. The van der Waals surface area contributed by atoms with Gasteiger partial charge in [-0.25, -0.2) is 0 Å². The molecule has 0 N–H and O–H groups in total. The smallest absolute Gasteiger partial charge is 0.273 e. The number of hydrogen-bond donors (Lipinski definition) is 0. The molecule has 330 valence electrons. The van der Waals surface area contributed by atoms with Crippen LogP contribution in [0.5, 0.6) is 0 Å². The molecule has 0 spiro atoms. The van der Waals surface area contributed by atoms with Gasteiger partial charge in [0.05, 0.1) is 11.2 Å². The fourth-order valence-corrected chi connectivity index (χ4v) is 11.7. The van der Waals surface area contributed by atoms with Crippen LogP contribution >= 0.6 is 0 Å². The van der Waals surface area contributed by atoms with Gasteiger partial charge in [-0.05, 0) is 133 Å². The molecule has 0 amide bonds. The molecular weight excluding hydrogens is 798 g/mol. The van der Waals surface area contributed by atoms with Gasteiger partial charge in [0, 0.05) is 55.9 Å². The lowest BCUT2D eigenvalue weighted by Gasteiger charge is -2.44. The molecular formula is C62H64BN3. The van der Waals surface area contributed by atoms with E-state index in [1.165, 1.54) is 106 Å². The lowest BCUT2D eigenvalue weighted by atomic mass is 9.34. The van der Waals surface area contributed by atoms with Crippen LogP contribution in [0.2, 0.25) is 0 Å². The van der Waals surface area contributed by atoms with E-state index in [4.69, 9.17) is 0 Å². The average molecular weight is 862 g/mol. The average Bonchev–Trinajstić information content (AvgIpc) is 3.61. The fourth-order valence-electron chi connectivity index (χ4n) is 11.7. The van der Waals surface area contributed by atoms with E-state index in [2.05, 4.69) is 256 Å². The zero-order valence-electron chi connectivity index (χ0n) is 41.4. The maximum atomic E-state index is 2.65. The van der Waals surface area contributed by atoms with E-state index in [-0.39, 0.29) is 33.8 Å². The van der Waals surface area contributed by atoms with Gasteiger partial charge < -0.3 is 14.4 Å². The molecule has 0 atom stereocenters. The predicted octanol–water partition coefficient (Wildman–Crippen LogP) is 14.6. The van der Waals surface area contributed by atoms with Crippen molar-refractivity contribution in [2.75, 3.05) is 9.80 Å². The minimum Gasteiger partial charge on any atom is -0.319 e. The van der Waals surface area contributed by atoms with Crippen molar-refractivity contribution in [2.45, 2.75) is 117 Å². The highest BCUT2D eigenvalue weighted by Crippen LogP contribution is 2.54. The largest absolute Gasteiger partial charge is 0.319 e. The molecule has 2 aliphatic heterocycles. The first kappa shape index (κ1) is 42.4. The summed E-state index contributed by atoms with van der Waals surface area (Å²) in [5, 5.41) is 1.28. The van der Waals surface area contributed by atoms with Gasteiger partial charge in [-0.3, -0.25) is 0 Å². The lowest BCUT2D eigenvalue weighted by Crippen LogP contribution is -2.63. The lowest BCUT2D eigenvalue weighted by molar-refractivity contribution is 0.521. The van der Waals surface area contributed by atoms with Crippen LogP contribution in [0.1, 0.15) is 129 Å².